The highest BCUT2D eigenvalue weighted by atomic mass is 35.5. The summed E-state index contributed by atoms with van der Waals surface area (Å²) in [6.45, 7) is 0.306. The number of hydrogen-bond donors (Lipinski definition) is 3. The smallest absolute Gasteiger partial charge is 0.324 e. The fourth-order valence-electron chi connectivity index (χ4n) is 1.55. The van der Waals surface area contributed by atoms with Crippen LogP contribution in [0, 0.1) is 0 Å². The Morgan fingerprint density at radius 2 is 2.11 bits per heavy atom. The minimum atomic E-state index is -0.393. The van der Waals surface area contributed by atoms with Crippen LogP contribution in [0.2, 0.25) is 5.02 Å². The summed E-state index contributed by atoms with van der Waals surface area (Å²) in [4.78, 5) is 15.9. The van der Waals surface area contributed by atoms with Gasteiger partial charge in [-0.3, -0.25) is 5.32 Å². The van der Waals surface area contributed by atoms with Gasteiger partial charge in [0.25, 0.3) is 0 Å². The largest absolute Gasteiger partial charge is 0.326 e. The van der Waals surface area contributed by atoms with Gasteiger partial charge < -0.3 is 11.1 Å². The van der Waals surface area contributed by atoms with E-state index in [1.54, 1.807) is 36.5 Å². The number of urea groups is 1. The SMILES string of the molecule is NCc1cccnc1NC(=O)Nc1cccc(Cl)c1. The van der Waals surface area contributed by atoms with Gasteiger partial charge in [-0.05, 0) is 24.3 Å². The van der Waals surface area contributed by atoms with Crippen molar-refractivity contribution in [3.05, 3.63) is 53.2 Å². The van der Waals surface area contributed by atoms with Crippen LogP contribution in [0.4, 0.5) is 16.3 Å². The van der Waals surface area contributed by atoms with Crippen LogP contribution in [0.15, 0.2) is 42.6 Å². The number of carbonyl (C=O) groups is 1. The van der Waals surface area contributed by atoms with E-state index in [0.717, 1.165) is 5.56 Å². The number of aromatic nitrogens is 1. The molecule has 0 atom stereocenters. The molecule has 6 heteroatoms. The molecule has 2 aromatic rings. The molecule has 1 aromatic heterocycles. The summed E-state index contributed by atoms with van der Waals surface area (Å²) in [6.07, 6.45) is 1.59. The first-order valence-corrected chi connectivity index (χ1v) is 6.04. The Bertz CT molecular complexity index is 588. The van der Waals surface area contributed by atoms with Gasteiger partial charge in [0, 0.05) is 29.0 Å². The first-order valence-electron chi connectivity index (χ1n) is 5.66. The highest BCUT2D eigenvalue weighted by molar-refractivity contribution is 6.30. The number of nitrogens with two attached hydrogens (primary N) is 1. The average Bonchev–Trinajstić information content (AvgIpc) is 2.39. The highest BCUT2D eigenvalue weighted by Gasteiger charge is 2.07. The lowest BCUT2D eigenvalue weighted by molar-refractivity contribution is 0.262. The lowest BCUT2D eigenvalue weighted by Gasteiger charge is -2.09. The van der Waals surface area contributed by atoms with Crippen LogP contribution in [-0.4, -0.2) is 11.0 Å². The summed E-state index contributed by atoms with van der Waals surface area (Å²) in [5.41, 5.74) is 6.94. The summed E-state index contributed by atoms with van der Waals surface area (Å²) >= 11 is 5.84. The zero-order valence-electron chi connectivity index (χ0n) is 10.1. The molecule has 0 aliphatic carbocycles. The van der Waals surface area contributed by atoms with Gasteiger partial charge in [0.15, 0.2) is 0 Å². The highest BCUT2D eigenvalue weighted by Crippen LogP contribution is 2.16. The molecule has 0 bridgehead atoms. The van der Waals surface area contributed by atoms with Crippen molar-refractivity contribution < 1.29 is 4.79 Å². The molecule has 0 saturated heterocycles. The Balaban J connectivity index is 2.05. The number of halogens is 1. The maximum absolute atomic E-state index is 11.8. The third-order valence-electron chi connectivity index (χ3n) is 2.43. The third kappa shape index (κ3) is 3.67. The molecule has 2 rings (SSSR count). The Labute approximate surface area is 115 Å². The molecule has 5 nitrogen and oxygen atoms in total. The predicted octanol–water partition coefficient (Wildman–Crippen LogP) is 2.84. The van der Waals surface area contributed by atoms with E-state index in [2.05, 4.69) is 15.6 Å². The first-order chi connectivity index (χ1) is 9.19. The zero-order valence-corrected chi connectivity index (χ0v) is 10.8. The van der Waals surface area contributed by atoms with Gasteiger partial charge in [-0.1, -0.05) is 23.7 Å². The maximum atomic E-state index is 11.8. The van der Waals surface area contributed by atoms with Gasteiger partial charge in [-0.25, -0.2) is 9.78 Å². The number of pyridine rings is 1. The van der Waals surface area contributed by atoms with E-state index in [1.165, 1.54) is 0 Å². The number of carbonyl (C=O) groups excluding carboxylic acids is 1. The molecule has 1 heterocycles. The number of nitrogens with zero attached hydrogens (tertiary/aromatic N) is 1. The lowest BCUT2D eigenvalue weighted by atomic mass is 10.2. The molecule has 19 heavy (non-hydrogen) atoms. The van der Waals surface area contributed by atoms with Crippen molar-refractivity contribution in [1.29, 1.82) is 0 Å². The van der Waals surface area contributed by atoms with Crippen LogP contribution in [0.5, 0.6) is 0 Å². The lowest BCUT2D eigenvalue weighted by Crippen LogP contribution is -2.21. The molecular formula is C13H13ClN4O. The van der Waals surface area contributed by atoms with Crippen molar-refractivity contribution in [1.82, 2.24) is 4.98 Å². The fraction of sp³-hybridized carbons (Fsp3) is 0.0769. The zero-order chi connectivity index (χ0) is 13.7. The predicted molar refractivity (Wildman–Crippen MR) is 76.2 cm³/mol. The van der Waals surface area contributed by atoms with Crippen LogP contribution >= 0.6 is 11.6 Å². The van der Waals surface area contributed by atoms with Gasteiger partial charge in [0.1, 0.15) is 5.82 Å². The molecule has 0 fully saturated rings. The second-order valence-electron chi connectivity index (χ2n) is 3.80. The van der Waals surface area contributed by atoms with Gasteiger partial charge in [0.2, 0.25) is 0 Å². The van der Waals surface area contributed by atoms with Crippen LogP contribution in [0.25, 0.3) is 0 Å². The van der Waals surface area contributed by atoms with Crippen molar-refractivity contribution in [3.63, 3.8) is 0 Å². The van der Waals surface area contributed by atoms with E-state index in [-0.39, 0.29) is 0 Å². The van der Waals surface area contributed by atoms with Crippen LogP contribution in [0.1, 0.15) is 5.56 Å². The van der Waals surface area contributed by atoms with E-state index < -0.39 is 6.03 Å². The molecule has 2 amide bonds. The monoisotopic (exact) mass is 276 g/mol. The second-order valence-corrected chi connectivity index (χ2v) is 4.24. The summed E-state index contributed by atoms with van der Waals surface area (Å²) in [7, 11) is 0. The van der Waals surface area contributed by atoms with E-state index in [1.807, 2.05) is 6.07 Å². The number of amides is 2. The standard InChI is InChI=1S/C13H13ClN4O/c14-10-4-1-5-11(7-10)17-13(19)18-12-9(8-15)3-2-6-16-12/h1-7H,8,15H2,(H2,16,17,18,19). The van der Waals surface area contributed by atoms with Crippen LogP contribution in [0.3, 0.4) is 0 Å². The van der Waals surface area contributed by atoms with Gasteiger partial charge in [-0.15, -0.1) is 0 Å². The van der Waals surface area contributed by atoms with Gasteiger partial charge >= 0.3 is 6.03 Å². The quantitative estimate of drug-likeness (QED) is 0.806. The van der Waals surface area contributed by atoms with E-state index >= 15 is 0 Å². The molecule has 0 aliphatic rings. The first kappa shape index (κ1) is 13.3. The summed E-state index contributed by atoms with van der Waals surface area (Å²) in [5, 5.41) is 5.87. The summed E-state index contributed by atoms with van der Waals surface area (Å²) < 4.78 is 0. The van der Waals surface area contributed by atoms with Gasteiger partial charge in [0.05, 0.1) is 0 Å². The van der Waals surface area contributed by atoms with Crippen molar-refractivity contribution >= 4 is 29.1 Å². The number of rotatable bonds is 3. The molecule has 0 saturated carbocycles. The number of benzene rings is 1. The Kier molecular flexibility index (Phi) is 4.33. The minimum absolute atomic E-state index is 0.306. The summed E-state index contributed by atoms with van der Waals surface area (Å²) in [5.74, 6) is 0.449. The summed E-state index contributed by atoms with van der Waals surface area (Å²) in [6, 6.07) is 10.1. The van der Waals surface area contributed by atoms with Crippen molar-refractivity contribution in [2.24, 2.45) is 5.73 Å². The average molecular weight is 277 g/mol. The molecule has 4 N–H and O–H groups in total. The minimum Gasteiger partial charge on any atom is -0.326 e. The molecule has 1 aromatic carbocycles. The second kappa shape index (κ2) is 6.17. The Hall–Kier alpha value is -2.11. The number of nitrogens with one attached hydrogen (secondary N) is 2. The van der Waals surface area contributed by atoms with E-state index in [0.29, 0.717) is 23.1 Å². The number of anilines is 2. The molecule has 0 unspecified atom stereocenters. The molecule has 0 aliphatic heterocycles. The molecule has 0 spiro atoms. The topological polar surface area (TPSA) is 80.0 Å². The maximum Gasteiger partial charge on any atom is 0.324 e. The van der Waals surface area contributed by atoms with Gasteiger partial charge in [-0.2, -0.15) is 0 Å². The van der Waals surface area contributed by atoms with E-state index in [4.69, 9.17) is 17.3 Å². The van der Waals surface area contributed by atoms with Crippen molar-refractivity contribution in [2.75, 3.05) is 10.6 Å². The Morgan fingerprint density at radius 1 is 1.26 bits per heavy atom. The molecule has 0 radical (unpaired) electrons. The molecular weight excluding hydrogens is 264 g/mol. The number of hydrogen-bond acceptors (Lipinski definition) is 3. The fourth-order valence-corrected chi connectivity index (χ4v) is 1.74. The molecule has 98 valence electrons. The van der Waals surface area contributed by atoms with Crippen LogP contribution in [-0.2, 0) is 6.54 Å². The van der Waals surface area contributed by atoms with Crippen molar-refractivity contribution in [3.8, 4) is 0 Å². The van der Waals surface area contributed by atoms with Crippen LogP contribution < -0.4 is 16.4 Å². The normalized spacial score (nSPS) is 10.0. The van der Waals surface area contributed by atoms with E-state index in [9.17, 15) is 4.79 Å². The Morgan fingerprint density at radius 3 is 2.84 bits per heavy atom. The third-order valence-corrected chi connectivity index (χ3v) is 2.66. The van der Waals surface area contributed by atoms with Crippen molar-refractivity contribution in [2.45, 2.75) is 6.54 Å².